The van der Waals surface area contributed by atoms with Crippen molar-refractivity contribution >= 4 is 11.6 Å². The summed E-state index contributed by atoms with van der Waals surface area (Å²) in [5.41, 5.74) is -0.120. The molecule has 0 unspecified atom stereocenters. The molecule has 22 heavy (non-hydrogen) atoms. The molecule has 0 radical (unpaired) electrons. The van der Waals surface area contributed by atoms with E-state index >= 15 is 0 Å². The third-order valence-electron chi connectivity index (χ3n) is 2.47. The third-order valence-corrected chi connectivity index (χ3v) is 2.47. The average molecular weight is 322 g/mol. The molecule has 0 spiro atoms. The van der Waals surface area contributed by atoms with Crippen molar-refractivity contribution in [2.45, 2.75) is 26.1 Å². The second kappa shape index (κ2) is 8.20. The molecule has 11 heteroatoms. The molecule has 0 aliphatic carbocycles. The van der Waals surface area contributed by atoms with Crippen LogP contribution in [0.1, 0.15) is 13.3 Å². The van der Waals surface area contributed by atoms with Gasteiger partial charge in [0.05, 0.1) is 24.4 Å². The predicted octanol–water partition coefficient (Wildman–Crippen LogP) is 1.30. The highest BCUT2D eigenvalue weighted by molar-refractivity contribution is 5.79. The van der Waals surface area contributed by atoms with Gasteiger partial charge in [0.25, 0.3) is 0 Å². The molecule has 0 aliphatic heterocycles. The Morgan fingerprint density at radius 1 is 1.50 bits per heavy atom. The summed E-state index contributed by atoms with van der Waals surface area (Å²) in [7, 11) is 0. The summed E-state index contributed by atoms with van der Waals surface area (Å²) in [6.45, 7) is 2.56. The summed E-state index contributed by atoms with van der Waals surface area (Å²) >= 11 is 0. The van der Waals surface area contributed by atoms with Gasteiger partial charge >= 0.3 is 11.9 Å². The van der Waals surface area contributed by atoms with Crippen molar-refractivity contribution in [3.05, 3.63) is 22.5 Å². The lowest BCUT2D eigenvalue weighted by Crippen LogP contribution is -2.39. The standard InChI is InChI=1S/C11H17F3N6O2/c1-2-15-10(16-4-3-11(12,13)14)17-5-6-19-8-9(7-18-19)20(21)22/h7-8H,2-6H2,1H3,(H2,15,16,17). The first-order valence-electron chi connectivity index (χ1n) is 6.57. The molecule has 0 atom stereocenters. The van der Waals surface area contributed by atoms with Crippen LogP contribution in [0.15, 0.2) is 17.4 Å². The topological polar surface area (TPSA) is 97.4 Å². The van der Waals surface area contributed by atoms with Crippen molar-refractivity contribution in [1.29, 1.82) is 0 Å². The van der Waals surface area contributed by atoms with Gasteiger partial charge in [-0.25, -0.2) is 0 Å². The number of hydrogen-bond acceptors (Lipinski definition) is 4. The molecule has 0 aromatic carbocycles. The quantitative estimate of drug-likeness (QED) is 0.341. The predicted molar refractivity (Wildman–Crippen MR) is 73.5 cm³/mol. The van der Waals surface area contributed by atoms with E-state index in [9.17, 15) is 23.3 Å². The van der Waals surface area contributed by atoms with E-state index in [-0.39, 0.29) is 18.2 Å². The Labute approximate surface area is 124 Å². The fourth-order valence-corrected chi connectivity index (χ4v) is 1.49. The summed E-state index contributed by atoms with van der Waals surface area (Å²) in [4.78, 5) is 13.7. The van der Waals surface area contributed by atoms with Crippen LogP contribution in [0.4, 0.5) is 18.9 Å². The van der Waals surface area contributed by atoms with E-state index in [1.165, 1.54) is 10.9 Å². The number of aliphatic imine (C=N–C) groups is 1. The fourth-order valence-electron chi connectivity index (χ4n) is 1.49. The minimum Gasteiger partial charge on any atom is -0.357 e. The zero-order chi connectivity index (χ0) is 16.6. The first-order valence-corrected chi connectivity index (χ1v) is 6.57. The first-order chi connectivity index (χ1) is 10.3. The number of guanidine groups is 1. The number of halogens is 3. The van der Waals surface area contributed by atoms with Gasteiger partial charge in [0, 0.05) is 13.1 Å². The number of nitrogens with zero attached hydrogens (tertiary/aromatic N) is 4. The third kappa shape index (κ3) is 6.90. The highest BCUT2D eigenvalue weighted by Crippen LogP contribution is 2.18. The molecule has 1 aromatic heterocycles. The maximum absolute atomic E-state index is 12.1. The number of aromatic nitrogens is 2. The summed E-state index contributed by atoms with van der Waals surface area (Å²) < 4.78 is 37.5. The van der Waals surface area contributed by atoms with E-state index in [1.54, 1.807) is 6.92 Å². The zero-order valence-corrected chi connectivity index (χ0v) is 11.9. The van der Waals surface area contributed by atoms with Crippen LogP contribution in [0.25, 0.3) is 0 Å². The SMILES string of the molecule is CCNC(=NCCC(F)(F)F)NCCn1cc([N+](=O)[O-])cn1. The molecule has 0 saturated carbocycles. The van der Waals surface area contributed by atoms with E-state index in [4.69, 9.17) is 0 Å². The Morgan fingerprint density at radius 2 is 2.23 bits per heavy atom. The van der Waals surface area contributed by atoms with Gasteiger partial charge in [-0.1, -0.05) is 0 Å². The highest BCUT2D eigenvalue weighted by Gasteiger charge is 2.26. The van der Waals surface area contributed by atoms with E-state index in [1.807, 2.05) is 0 Å². The lowest BCUT2D eigenvalue weighted by molar-refractivity contribution is -0.385. The van der Waals surface area contributed by atoms with Gasteiger partial charge in [-0.05, 0) is 6.92 Å². The lowest BCUT2D eigenvalue weighted by atomic mass is 10.4. The molecule has 1 rings (SSSR count). The van der Waals surface area contributed by atoms with Gasteiger partial charge in [0.1, 0.15) is 12.4 Å². The molecular weight excluding hydrogens is 305 g/mol. The molecule has 0 fully saturated rings. The van der Waals surface area contributed by atoms with Crippen molar-refractivity contribution in [3.63, 3.8) is 0 Å². The maximum Gasteiger partial charge on any atom is 0.390 e. The van der Waals surface area contributed by atoms with E-state index in [0.717, 1.165) is 6.20 Å². The Bertz CT molecular complexity index is 514. The Kier molecular flexibility index (Phi) is 6.60. The van der Waals surface area contributed by atoms with Crippen LogP contribution >= 0.6 is 0 Å². The molecule has 8 nitrogen and oxygen atoms in total. The van der Waals surface area contributed by atoms with Gasteiger partial charge in [0.15, 0.2) is 5.96 Å². The average Bonchev–Trinajstić information content (AvgIpc) is 2.86. The number of alkyl halides is 3. The summed E-state index contributed by atoms with van der Waals surface area (Å²) in [6, 6.07) is 0. The number of nitro groups is 1. The van der Waals surface area contributed by atoms with Crippen molar-refractivity contribution in [3.8, 4) is 0 Å². The van der Waals surface area contributed by atoms with Crippen molar-refractivity contribution in [2.75, 3.05) is 19.6 Å². The monoisotopic (exact) mass is 322 g/mol. The van der Waals surface area contributed by atoms with Crippen LogP contribution in [0, 0.1) is 10.1 Å². The minimum atomic E-state index is -4.24. The molecule has 0 saturated heterocycles. The Morgan fingerprint density at radius 3 is 2.77 bits per heavy atom. The Balaban J connectivity index is 2.43. The maximum atomic E-state index is 12.1. The molecule has 0 aliphatic rings. The minimum absolute atomic E-state index is 0.120. The van der Waals surface area contributed by atoms with Crippen molar-refractivity contribution in [1.82, 2.24) is 20.4 Å². The van der Waals surface area contributed by atoms with Crippen molar-refractivity contribution < 1.29 is 18.1 Å². The molecular formula is C11H17F3N6O2. The van der Waals surface area contributed by atoms with Gasteiger partial charge in [-0.3, -0.25) is 19.8 Å². The van der Waals surface area contributed by atoms with Crippen LogP contribution in [0.3, 0.4) is 0 Å². The van der Waals surface area contributed by atoms with Crippen LogP contribution < -0.4 is 10.6 Å². The molecule has 1 aromatic rings. The summed E-state index contributed by atoms with van der Waals surface area (Å²) in [6.07, 6.45) is -2.83. The van der Waals surface area contributed by atoms with Gasteiger partial charge < -0.3 is 10.6 Å². The Hall–Kier alpha value is -2.33. The number of rotatable bonds is 7. The summed E-state index contributed by atoms with van der Waals surface area (Å²) in [5.74, 6) is 0.258. The molecule has 2 N–H and O–H groups in total. The molecule has 1 heterocycles. The second-order valence-electron chi connectivity index (χ2n) is 4.27. The molecule has 124 valence electrons. The van der Waals surface area contributed by atoms with Gasteiger partial charge in [-0.15, -0.1) is 0 Å². The number of nitrogens with one attached hydrogen (secondary N) is 2. The zero-order valence-electron chi connectivity index (χ0n) is 11.9. The van der Waals surface area contributed by atoms with Crippen LogP contribution in [-0.4, -0.2) is 46.5 Å². The lowest BCUT2D eigenvalue weighted by Gasteiger charge is -2.11. The van der Waals surface area contributed by atoms with E-state index < -0.39 is 17.5 Å². The summed E-state index contributed by atoms with van der Waals surface area (Å²) in [5, 5.41) is 19.9. The largest absolute Gasteiger partial charge is 0.390 e. The van der Waals surface area contributed by atoms with Crippen LogP contribution in [-0.2, 0) is 6.54 Å². The molecule has 0 bridgehead atoms. The van der Waals surface area contributed by atoms with Crippen molar-refractivity contribution in [2.24, 2.45) is 4.99 Å². The smallest absolute Gasteiger partial charge is 0.357 e. The van der Waals surface area contributed by atoms with Gasteiger partial charge in [-0.2, -0.15) is 18.3 Å². The molecule has 0 amide bonds. The second-order valence-corrected chi connectivity index (χ2v) is 4.27. The fraction of sp³-hybridized carbons (Fsp3) is 0.636. The van der Waals surface area contributed by atoms with E-state index in [2.05, 4.69) is 20.7 Å². The van der Waals surface area contributed by atoms with Gasteiger partial charge in [0.2, 0.25) is 0 Å². The van der Waals surface area contributed by atoms with E-state index in [0.29, 0.717) is 19.6 Å². The normalized spacial score (nSPS) is 12.3. The first kappa shape index (κ1) is 17.7. The highest BCUT2D eigenvalue weighted by atomic mass is 19.4. The van der Waals surface area contributed by atoms with Crippen LogP contribution in [0.5, 0.6) is 0 Å². The number of hydrogen-bond donors (Lipinski definition) is 2. The van der Waals surface area contributed by atoms with Crippen LogP contribution in [0.2, 0.25) is 0 Å².